The number of furan rings is 1. The molecule has 0 aliphatic rings. The molecule has 1 amide bonds. The molecule has 0 saturated carbocycles. The van der Waals surface area contributed by atoms with Crippen LogP contribution in [0.1, 0.15) is 17.1 Å². The molecule has 0 radical (unpaired) electrons. The number of rotatable bonds is 10. The number of nitrogens with zero attached hydrogens (tertiary/aromatic N) is 3. The molecular weight excluding hydrogens is 360 g/mol. The number of amides is 1. The van der Waals surface area contributed by atoms with Crippen LogP contribution in [0, 0.1) is 0 Å². The maximum Gasteiger partial charge on any atom is 0.230 e. The van der Waals surface area contributed by atoms with Crippen LogP contribution in [-0.2, 0) is 30.7 Å². The molecule has 0 unspecified atom stereocenters. The van der Waals surface area contributed by atoms with Crippen LogP contribution >= 0.6 is 11.8 Å². The molecule has 0 bridgehead atoms. The van der Waals surface area contributed by atoms with Crippen LogP contribution in [0.4, 0.5) is 0 Å². The minimum atomic E-state index is -0.0737. The summed E-state index contributed by atoms with van der Waals surface area (Å²) in [5.41, 5.74) is 1.26. The summed E-state index contributed by atoms with van der Waals surface area (Å²) in [4.78, 5) is 12.0. The lowest BCUT2D eigenvalue weighted by molar-refractivity contribution is -0.118. The Morgan fingerprint density at radius 1 is 1.19 bits per heavy atom. The quantitative estimate of drug-likeness (QED) is 0.430. The van der Waals surface area contributed by atoms with Crippen molar-refractivity contribution >= 4 is 17.7 Å². The predicted octanol–water partition coefficient (Wildman–Crippen LogP) is 3.25. The monoisotopic (exact) mass is 382 g/mol. The second kappa shape index (κ2) is 9.78. The Kier molecular flexibility index (Phi) is 6.87. The van der Waals surface area contributed by atoms with E-state index in [0.29, 0.717) is 13.1 Å². The van der Waals surface area contributed by atoms with E-state index < -0.39 is 0 Å². The molecule has 1 aromatic carbocycles. The summed E-state index contributed by atoms with van der Waals surface area (Å²) in [7, 11) is 0. The highest BCUT2D eigenvalue weighted by Gasteiger charge is 2.13. The fourth-order valence-electron chi connectivity index (χ4n) is 2.60. The van der Waals surface area contributed by atoms with Crippen LogP contribution in [0.2, 0.25) is 0 Å². The van der Waals surface area contributed by atoms with Gasteiger partial charge in [0.25, 0.3) is 0 Å². The van der Waals surface area contributed by atoms with E-state index in [-0.39, 0.29) is 11.7 Å². The Morgan fingerprint density at radius 3 is 2.78 bits per heavy atom. The second-order valence-corrected chi connectivity index (χ2v) is 6.87. The van der Waals surface area contributed by atoms with Gasteiger partial charge in [0.05, 0.1) is 18.6 Å². The lowest BCUT2D eigenvalue weighted by Crippen LogP contribution is -2.24. The number of benzene rings is 1. The van der Waals surface area contributed by atoms with E-state index in [2.05, 4.69) is 34.2 Å². The normalized spacial score (nSPS) is 10.7. The number of hydrogen-bond acceptors (Lipinski definition) is 5. The van der Waals surface area contributed by atoms with Crippen LogP contribution in [0.25, 0.3) is 0 Å². The van der Waals surface area contributed by atoms with E-state index in [4.69, 9.17) is 4.42 Å². The highest BCUT2D eigenvalue weighted by molar-refractivity contribution is 7.99. The molecule has 6 nitrogen and oxygen atoms in total. The molecule has 0 atom stereocenters. The standard InChI is InChI=1S/C20H22N4O2S/c1-2-12-24-18(11-10-16-7-4-3-5-8-16)22-23-20(24)27-15-19(25)21-14-17-9-6-13-26-17/h2-9,13H,1,10-12,14-15H2,(H,21,25). The number of carbonyl (C=O) groups is 1. The van der Waals surface area contributed by atoms with E-state index >= 15 is 0 Å². The maximum absolute atomic E-state index is 12.0. The number of carbonyl (C=O) groups excluding carboxylic acids is 1. The Hall–Kier alpha value is -2.80. The predicted molar refractivity (Wildman–Crippen MR) is 105 cm³/mol. The molecule has 2 heterocycles. The molecule has 1 N–H and O–H groups in total. The van der Waals surface area contributed by atoms with Crippen molar-refractivity contribution in [3.63, 3.8) is 0 Å². The molecule has 140 valence electrons. The van der Waals surface area contributed by atoms with Crippen LogP contribution in [-0.4, -0.2) is 26.4 Å². The first-order valence-electron chi connectivity index (χ1n) is 8.75. The lowest BCUT2D eigenvalue weighted by Gasteiger charge is -2.08. The molecule has 27 heavy (non-hydrogen) atoms. The smallest absolute Gasteiger partial charge is 0.230 e. The molecule has 0 spiro atoms. The van der Waals surface area contributed by atoms with Crippen molar-refractivity contribution < 1.29 is 9.21 Å². The first-order chi connectivity index (χ1) is 13.3. The minimum absolute atomic E-state index is 0.0737. The van der Waals surface area contributed by atoms with Gasteiger partial charge in [-0.3, -0.25) is 4.79 Å². The first-order valence-corrected chi connectivity index (χ1v) is 9.73. The summed E-state index contributed by atoms with van der Waals surface area (Å²) < 4.78 is 7.22. The van der Waals surface area contributed by atoms with Gasteiger partial charge in [0, 0.05) is 13.0 Å². The third-order valence-electron chi connectivity index (χ3n) is 3.96. The average molecular weight is 382 g/mol. The molecule has 3 rings (SSSR count). The van der Waals surface area contributed by atoms with Crippen molar-refractivity contribution in [3.8, 4) is 0 Å². The summed E-state index contributed by atoms with van der Waals surface area (Å²) in [6.07, 6.45) is 5.09. The topological polar surface area (TPSA) is 73.0 Å². The van der Waals surface area contributed by atoms with Crippen LogP contribution in [0.3, 0.4) is 0 Å². The fourth-order valence-corrected chi connectivity index (χ4v) is 3.40. The van der Waals surface area contributed by atoms with Gasteiger partial charge in [-0.1, -0.05) is 48.2 Å². The average Bonchev–Trinajstić information content (AvgIpc) is 3.34. The number of thioether (sulfide) groups is 1. The first kappa shape index (κ1) is 19.0. The van der Waals surface area contributed by atoms with Gasteiger partial charge in [-0.25, -0.2) is 0 Å². The Morgan fingerprint density at radius 2 is 2.04 bits per heavy atom. The number of nitrogens with one attached hydrogen (secondary N) is 1. The molecule has 0 aliphatic carbocycles. The summed E-state index contributed by atoms with van der Waals surface area (Å²) in [6.45, 7) is 4.82. The molecule has 3 aromatic rings. The number of allylic oxidation sites excluding steroid dienone is 1. The Labute approximate surface area is 162 Å². The molecule has 2 aromatic heterocycles. The minimum Gasteiger partial charge on any atom is -0.467 e. The summed E-state index contributed by atoms with van der Waals surface area (Å²) in [5.74, 6) is 1.83. The van der Waals surface area contributed by atoms with Gasteiger partial charge in [-0.05, 0) is 24.1 Å². The van der Waals surface area contributed by atoms with E-state index in [1.54, 1.807) is 12.3 Å². The SMILES string of the molecule is C=CCn1c(CCc2ccccc2)nnc1SCC(=O)NCc1ccco1. The molecule has 0 aliphatic heterocycles. The van der Waals surface area contributed by atoms with Crippen molar-refractivity contribution in [1.82, 2.24) is 20.1 Å². The highest BCUT2D eigenvalue weighted by atomic mass is 32.2. The van der Waals surface area contributed by atoms with E-state index in [1.165, 1.54) is 17.3 Å². The third kappa shape index (κ3) is 5.59. The molecule has 7 heteroatoms. The number of aromatic nitrogens is 3. The Bertz CT molecular complexity index is 860. The van der Waals surface area contributed by atoms with Gasteiger partial charge < -0.3 is 14.3 Å². The fraction of sp³-hybridized carbons (Fsp3) is 0.250. The van der Waals surface area contributed by atoms with E-state index in [9.17, 15) is 4.79 Å². The van der Waals surface area contributed by atoms with Crippen molar-refractivity contribution in [3.05, 3.63) is 78.5 Å². The number of aryl methyl sites for hydroxylation is 2. The molecular formula is C20H22N4O2S. The zero-order valence-corrected chi connectivity index (χ0v) is 15.8. The largest absolute Gasteiger partial charge is 0.467 e. The van der Waals surface area contributed by atoms with Gasteiger partial charge >= 0.3 is 0 Å². The van der Waals surface area contributed by atoms with Crippen LogP contribution < -0.4 is 5.32 Å². The summed E-state index contributed by atoms with van der Waals surface area (Å²) >= 11 is 1.37. The van der Waals surface area contributed by atoms with Gasteiger partial charge in [0.15, 0.2) is 5.16 Å². The Balaban J connectivity index is 1.55. The number of hydrogen-bond donors (Lipinski definition) is 1. The maximum atomic E-state index is 12.0. The van der Waals surface area contributed by atoms with Crippen molar-refractivity contribution in [1.29, 1.82) is 0 Å². The van der Waals surface area contributed by atoms with Gasteiger partial charge in [-0.15, -0.1) is 16.8 Å². The van der Waals surface area contributed by atoms with Crippen LogP contribution in [0.5, 0.6) is 0 Å². The second-order valence-electron chi connectivity index (χ2n) is 5.93. The zero-order valence-electron chi connectivity index (χ0n) is 15.0. The van der Waals surface area contributed by atoms with Crippen LogP contribution in [0.15, 0.2) is 71.0 Å². The summed E-state index contributed by atoms with van der Waals surface area (Å²) in [6, 6.07) is 13.9. The zero-order chi connectivity index (χ0) is 18.9. The molecule has 0 saturated heterocycles. The third-order valence-corrected chi connectivity index (χ3v) is 4.92. The lowest BCUT2D eigenvalue weighted by atomic mass is 10.1. The van der Waals surface area contributed by atoms with E-state index in [0.717, 1.165) is 29.6 Å². The van der Waals surface area contributed by atoms with Crippen molar-refractivity contribution in [2.45, 2.75) is 31.1 Å². The van der Waals surface area contributed by atoms with Crippen molar-refractivity contribution in [2.75, 3.05) is 5.75 Å². The van der Waals surface area contributed by atoms with Gasteiger partial charge in [0.2, 0.25) is 5.91 Å². The van der Waals surface area contributed by atoms with E-state index in [1.807, 2.05) is 34.9 Å². The summed E-state index contributed by atoms with van der Waals surface area (Å²) in [5, 5.41) is 12.1. The van der Waals surface area contributed by atoms with Crippen molar-refractivity contribution in [2.24, 2.45) is 0 Å². The molecule has 0 fully saturated rings. The van der Waals surface area contributed by atoms with Gasteiger partial charge in [0.1, 0.15) is 11.6 Å². The van der Waals surface area contributed by atoms with Gasteiger partial charge in [-0.2, -0.15) is 0 Å². The highest BCUT2D eigenvalue weighted by Crippen LogP contribution is 2.18.